The van der Waals surface area contributed by atoms with E-state index in [1.165, 1.54) is 4.57 Å². The normalized spacial score (nSPS) is 12.2. The molecule has 24 heavy (non-hydrogen) atoms. The molecule has 0 fully saturated rings. The Balaban J connectivity index is 2.23. The fourth-order valence-electron chi connectivity index (χ4n) is 2.55. The molecule has 1 amide bonds. The molecule has 1 atom stereocenters. The van der Waals surface area contributed by atoms with E-state index >= 15 is 0 Å². The number of amides is 1. The van der Waals surface area contributed by atoms with Crippen molar-refractivity contribution in [1.82, 2.24) is 24.6 Å². The van der Waals surface area contributed by atoms with Gasteiger partial charge in [0, 0.05) is 26.4 Å². The number of carbonyl (C=O) groups is 1. The topological polar surface area (TPSA) is 91.0 Å². The summed E-state index contributed by atoms with van der Waals surface area (Å²) in [6.07, 6.45) is 1.59. The number of methoxy groups -OCH3 is 1. The van der Waals surface area contributed by atoms with Gasteiger partial charge in [0.2, 0.25) is 0 Å². The third kappa shape index (κ3) is 3.53. The number of rotatable bonds is 6. The van der Waals surface area contributed by atoms with E-state index in [4.69, 9.17) is 4.74 Å². The van der Waals surface area contributed by atoms with Crippen molar-refractivity contribution < 1.29 is 9.53 Å². The molecule has 0 aromatic carbocycles. The van der Waals surface area contributed by atoms with E-state index in [0.717, 1.165) is 5.69 Å². The van der Waals surface area contributed by atoms with Gasteiger partial charge < -0.3 is 19.2 Å². The Kier molecular flexibility index (Phi) is 5.50. The summed E-state index contributed by atoms with van der Waals surface area (Å²) in [6.45, 7) is 6.50. The van der Waals surface area contributed by atoms with Gasteiger partial charge >= 0.3 is 0 Å². The van der Waals surface area contributed by atoms with Crippen molar-refractivity contribution in [1.29, 1.82) is 0 Å². The van der Waals surface area contributed by atoms with Crippen LogP contribution in [0, 0.1) is 13.8 Å². The van der Waals surface area contributed by atoms with E-state index in [1.54, 1.807) is 34.3 Å². The van der Waals surface area contributed by atoms with Crippen LogP contribution in [0.15, 0.2) is 17.2 Å². The SMILES string of the molecule is COCCn1cnnc1C(C)NC(=O)c1c(C)cc(C)n(C)c1=O. The van der Waals surface area contributed by atoms with Crippen LogP contribution >= 0.6 is 0 Å². The zero-order valence-corrected chi connectivity index (χ0v) is 14.7. The second kappa shape index (κ2) is 7.39. The number of carbonyl (C=O) groups excluding carboxylic acids is 1. The highest BCUT2D eigenvalue weighted by molar-refractivity contribution is 5.95. The van der Waals surface area contributed by atoms with Crippen LogP contribution in [0.3, 0.4) is 0 Å². The fraction of sp³-hybridized carbons (Fsp3) is 0.500. The van der Waals surface area contributed by atoms with Crippen molar-refractivity contribution in [2.24, 2.45) is 7.05 Å². The van der Waals surface area contributed by atoms with Gasteiger partial charge in [-0.15, -0.1) is 10.2 Å². The Morgan fingerprint density at radius 2 is 2.12 bits per heavy atom. The summed E-state index contributed by atoms with van der Waals surface area (Å²) in [5, 5.41) is 10.8. The maximum atomic E-state index is 12.6. The van der Waals surface area contributed by atoms with Gasteiger partial charge in [-0.2, -0.15) is 0 Å². The largest absolute Gasteiger partial charge is 0.383 e. The minimum Gasteiger partial charge on any atom is -0.383 e. The van der Waals surface area contributed by atoms with E-state index in [0.29, 0.717) is 24.5 Å². The zero-order chi connectivity index (χ0) is 17.9. The Labute approximate surface area is 140 Å². The number of pyridine rings is 1. The predicted octanol–water partition coefficient (Wildman–Crippen LogP) is 0.731. The molecular weight excluding hydrogens is 310 g/mol. The second-order valence-electron chi connectivity index (χ2n) is 5.78. The van der Waals surface area contributed by atoms with E-state index in [9.17, 15) is 9.59 Å². The minimum absolute atomic E-state index is 0.151. The first kappa shape index (κ1) is 17.9. The molecule has 8 heteroatoms. The van der Waals surface area contributed by atoms with Crippen molar-refractivity contribution in [3.05, 3.63) is 45.4 Å². The Morgan fingerprint density at radius 1 is 1.42 bits per heavy atom. The van der Waals surface area contributed by atoms with Crippen LogP contribution in [0.1, 0.15) is 40.4 Å². The average molecular weight is 333 g/mol. The minimum atomic E-state index is -0.415. The summed E-state index contributed by atoms with van der Waals surface area (Å²) in [5.74, 6) is 0.198. The van der Waals surface area contributed by atoms with Crippen LogP contribution in [0.2, 0.25) is 0 Å². The predicted molar refractivity (Wildman–Crippen MR) is 88.9 cm³/mol. The molecule has 2 rings (SSSR count). The van der Waals surface area contributed by atoms with E-state index in [-0.39, 0.29) is 17.2 Å². The number of hydrogen-bond donors (Lipinski definition) is 1. The van der Waals surface area contributed by atoms with Gasteiger partial charge in [-0.1, -0.05) is 0 Å². The van der Waals surface area contributed by atoms with Crippen LogP contribution in [0.5, 0.6) is 0 Å². The summed E-state index contributed by atoms with van der Waals surface area (Å²) in [7, 11) is 3.27. The molecule has 1 N–H and O–H groups in total. The number of hydrogen-bond acceptors (Lipinski definition) is 5. The van der Waals surface area contributed by atoms with Crippen molar-refractivity contribution >= 4 is 5.91 Å². The van der Waals surface area contributed by atoms with Crippen LogP contribution in [-0.2, 0) is 18.3 Å². The van der Waals surface area contributed by atoms with Gasteiger partial charge in [-0.3, -0.25) is 9.59 Å². The molecule has 130 valence electrons. The standard InChI is InChI=1S/C16H23N5O3/c1-10-8-11(2)20(4)16(23)13(10)15(22)18-12(3)14-19-17-9-21(14)6-7-24-5/h8-9,12H,6-7H2,1-5H3,(H,18,22). The number of aromatic nitrogens is 4. The Hall–Kier alpha value is -2.48. The van der Waals surface area contributed by atoms with Gasteiger partial charge in [0.25, 0.3) is 11.5 Å². The van der Waals surface area contributed by atoms with Gasteiger partial charge in [0.05, 0.1) is 12.6 Å². The Morgan fingerprint density at radius 3 is 2.79 bits per heavy atom. The van der Waals surface area contributed by atoms with Crippen molar-refractivity contribution in [3.63, 3.8) is 0 Å². The third-order valence-electron chi connectivity index (χ3n) is 4.01. The second-order valence-corrected chi connectivity index (χ2v) is 5.78. The number of nitrogens with one attached hydrogen (secondary N) is 1. The van der Waals surface area contributed by atoms with E-state index in [2.05, 4.69) is 15.5 Å². The molecule has 0 spiro atoms. The molecule has 2 aromatic heterocycles. The molecular formula is C16H23N5O3. The summed E-state index contributed by atoms with van der Waals surface area (Å²) in [5.41, 5.74) is 1.30. The van der Waals surface area contributed by atoms with Gasteiger partial charge in [0.15, 0.2) is 5.82 Å². The highest BCUT2D eigenvalue weighted by Gasteiger charge is 2.21. The monoisotopic (exact) mass is 333 g/mol. The zero-order valence-electron chi connectivity index (χ0n) is 14.7. The van der Waals surface area contributed by atoms with Gasteiger partial charge in [-0.25, -0.2) is 0 Å². The van der Waals surface area contributed by atoms with E-state index < -0.39 is 5.91 Å². The molecule has 1 unspecified atom stereocenters. The molecule has 8 nitrogen and oxygen atoms in total. The molecule has 2 aromatic rings. The highest BCUT2D eigenvalue weighted by atomic mass is 16.5. The first-order valence-corrected chi connectivity index (χ1v) is 7.71. The first-order valence-electron chi connectivity index (χ1n) is 7.71. The number of ether oxygens (including phenoxy) is 1. The van der Waals surface area contributed by atoms with Crippen LogP contribution in [0.4, 0.5) is 0 Å². The summed E-state index contributed by atoms with van der Waals surface area (Å²) in [4.78, 5) is 25.0. The quantitative estimate of drug-likeness (QED) is 0.841. The first-order chi connectivity index (χ1) is 11.4. The van der Waals surface area contributed by atoms with Crippen molar-refractivity contribution in [2.75, 3.05) is 13.7 Å². The maximum absolute atomic E-state index is 12.6. The van der Waals surface area contributed by atoms with Crippen LogP contribution in [-0.4, -0.2) is 39.0 Å². The number of nitrogens with zero attached hydrogens (tertiary/aromatic N) is 4. The lowest BCUT2D eigenvalue weighted by Gasteiger charge is -2.16. The maximum Gasteiger partial charge on any atom is 0.263 e. The van der Waals surface area contributed by atoms with Crippen LogP contribution in [0.25, 0.3) is 0 Å². The molecule has 0 aliphatic carbocycles. The van der Waals surface area contributed by atoms with Gasteiger partial charge in [0.1, 0.15) is 11.9 Å². The third-order valence-corrected chi connectivity index (χ3v) is 4.01. The van der Waals surface area contributed by atoms with Crippen LogP contribution < -0.4 is 10.9 Å². The smallest absolute Gasteiger partial charge is 0.263 e. The summed E-state index contributed by atoms with van der Waals surface area (Å²) < 4.78 is 8.33. The van der Waals surface area contributed by atoms with Crippen molar-refractivity contribution in [2.45, 2.75) is 33.4 Å². The molecule has 0 aliphatic rings. The highest BCUT2D eigenvalue weighted by Crippen LogP contribution is 2.11. The lowest BCUT2D eigenvalue weighted by Crippen LogP contribution is -2.36. The van der Waals surface area contributed by atoms with E-state index in [1.807, 2.05) is 17.6 Å². The molecule has 0 saturated heterocycles. The fourth-order valence-corrected chi connectivity index (χ4v) is 2.55. The lowest BCUT2D eigenvalue weighted by molar-refractivity contribution is 0.0934. The van der Waals surface area contributed by atoms with Gasteiger partial charge in [-0.05, 0) is 32.4 Å². The molecule has 0 bridgehead atoms. The lowest BCUT2D eigenvalue weighted by atomic mass is 10.1. The molecule has 0 aliphatic heterocycles. The van der Waals surface area contributed by atoms with Crippen molar-refractivity contribution in [3.8, 4) is 0 Å². The molecule has 0 radical (unpaired) electrons. The summed E-state index contributed by atoms with van der Waals surface area (Å²) >= 11 is 0. The molecule has 0 saturated carbocycles. The average Bonchev–Trinajstić information content (AvgIpc) is 2.99. The number of aryl methyl sites for hydroxylation is 2. The molecule has 2 heterocycles. The summed E-state index contributed by atoms with van der Waals surface area (Å²) in [6, 6.07) is 1.43. The Bertz CT molecular complexity index is 793.